The molecule has 0 saturated heterocycles. The Hall–Kier alpha value is -3.58. The number of carbonyl (C=O) groups is 1. The average molecular weight is 515 g/mol. The minimum Gasteiger partial charge on any atom is -0.325 e. The number of rotatable bonds is 5. The van der Waals surface area contributed by atoms with Crippen LogP contribution in [-0.2, 0) is 16.2 Å². The normalized spacial score (nSPS) is 12.4. The zero-order chi connectivity index (χ0) is 25.1. The van der Waals surface area contributed by atoms with Gasteiger partial charge in [0.05, 0.1) is 23.7 Å². The van der Waals surface area contributed by atoms with E-state index in [-0.39, 0.29) is 17.3 Å². The number of benzene rings is 2. The Labute approximate surface area is 197 Å². The first kappa shape index (κ1) is 25.1. The second kappa shape index (κ2) is 9.73. The fourth-order valence-corrected chi connectivity index (χ4v) is 3.50. The summed E-state index contributed by atoms with van der Waals surface area (Å²) >= 11 is 5.80. The number of alkyl halides is 3. The molecule has 9 nitrogen and oxygen atoms in total. The van der Waals surface area contributed by atoms with Gasteiger partial charge < -0.3 is 10.6 Å². The van der Waals surface area contributed by atoms with Crippen LogP contribution in [0.1, 0.15) is 16.1 Å². The van der Waals surface area contributed by atoms with Gasteiger partial charge in [-0.15, -0.1) is 0 Å². The fraction of sp³-hybridized carbons (Fsp3) is 0.150. The minimum atomic E-state index is -4.88. The number of nitrogens with one attached hydrogen (secondary N) is 3. The van der Waals surface area contributed by atoms with Crippen molar-refractivity contribution < 1.29 is 26.4 Å². The van der Waals surface area contributed by atoms with Crippen molar-refractivity contribution in [1.29, 1.82) is 0 Å². The predicted octanol–water partition coefficient (Wildman–Crippen LogP) is 3.74. The van der Waals surface area contributed by atoms with Gasteiger partial charge in [0.2, 0.25) is 16.0 Å². The largest absolute Gasteiger partial charge is 0.434 e. The third-order valence-corrected chi connectivity index (χ3v) is 5.06. The Balaban J connectivity index is 1.88. The molecule has 0 radical (unpaired) electrons. The number of guanidine groups is 1. The molecular weight excluding hydrogens is 497 g/mol. The fourth-order valence-electron chi connectivity index (χ4n) is 2.88. The zero-order valence-electron chi connectivity index (χ0n) is 17.7. The molecule has 3 N–H and O–H groups in total. The van der Waals surface area contributed by atoms with Crippen molar-refractivity contribution >= 4 is 44.9 Å². The summed E-state index contributed by atoms with van der Waals surface area (Å²) in [6.07, 6.45) is -3.11. The van der Waals surface area contributed by atoms with E-state index in [1.54, 1.807) is 6.07 Å². The highest BCUT2D eigenvalue weighted by atomic mass is 35.5. The number of hydrogen-bond donors (Lipinski definition) is 3. The van der Waals surface area contributed by atoms with E-state index >= 15 is 0 Å². The quantitative estimate of drug-likeness (QED) is 0.354. The summed E-state index contributed by atoms with van der Waals surface area (Å²) in [5.74, 6) is -1.13. The van der Waals surface area contributed by atoms with E-state index in [1.807, 2.05) is 0 Å². The second-order valence-corrected chi connectivity index (χ2v) is 9.08. The number of aliphatic imine (C=N–C) groups is 1. The van der Waals surface area contributed by atoms with Gasteiger partial charge in [-0.25, -0.2) is 13.1 Å². The SMILES string of the molecule is CN=C(Nc1cccc(NC(=O)c2cnn(-c3ccc(Cl)cc3)c2C(F)(F)F)c1)NS(C)(=O)=O. The lowest BCUT2D eigenvalue weighted by molar-refractivity contribution is -0.143. The second-order valence-electron chi connectivity index (χ2n) is 6.90. The van der Waals surface area contributed by atoms with Gasteiger partial charge in [-0.2, -0.15) is 18.3 Å². The number of sulfonamides is 1. The molecule has 0 atom stereocenters. The van der Waals surface area contributed by atoms with Gasteiger partial charge in [0.15, 0.2) is 5.69 Å². The molecule has 3 rings (SSSR count). The first-order valence-corrected chi connectivity index (χ1v) is 11.7. The van der Waals surface area contributed by atoms with Gasteiger partial charge in [-0.05, 0) is 42.5 Å². The lowest BCUT2D eigenvalue weighted by Gasteiger charge is -2.14. The minimum absolute atomic E-state index is 0.0757. The maximum Gasteiger partial charge on any atom is 0.434 e. The smallest absolute Gasteiger partial charge is 0.325 e. The molecule has 14 heteroatoms. The molecule has 34 heavy (non-hydrogen) atoms. The van der Waals surface area contributed by atoms with Gasteiger partial charge >= 0.3 is 6.18 Å². The Morgan fingerprint density at radius 2 is 1.71 bits per heavy atom. The van der Waals surface area contributed by atoms with Crippen molar-refractivity contribution in [3.63, 3.8) is 0 Å². The summed E-state index contributed by atoms with van der Waals surface area (Å²) in [7, 11) is -2.25. The lowest BCUT2D eigenvalue weighted by Crippen LogP contribution is -2.35. The third kappa shape index (κ3) is 6.26. The topological polar surface area (TPSA) is 117 Å². The van der Waals surface area contributed by atoms with Gasteiger partial charge in [0, 0.05) is 23.4 Å². The number of anilines is 2. The Kier molecular flexibility index (Phi) is 7.17. The van der Waals surface area contributed by atoms with Gasteiger partial charge in [0.25, 0.3) is 5.91 Å². The van der Waals surface area contributed by atoms with Crippen molar-refractivity contribution in [2.75, 3.05) is 23.9 Å². The van der Waals surface area contributed by atoms with Crippen LogP contribution in [-0.4, -0.2) is 43.4 Å². The molecule has 1 amide bonds. The maximum absolute atomic E-state index is 13.8. The number of hydrogen-bond acceptors (Lipinski definition) is 5. The van der Waals surface area contributed by atoms with Crippen LogP contribution in [0.3, 0.4) is 0 Å². The highest BCUT2D eigenvalue weighted by Gasteiger charge is 2.40. The van der Waals surface area contributed by atoms with Crippen molar-refractivity contribution in [1.82, 2.24) is 14.5 Å². The lowest BCUT2D eigenvalue weighted by atomic mass is 10.2. The number of carbonyl (C=O) groups excluding carboxylic acids is 1. The Morgan fingerprint density at radius 3 is 2.26 bits per heavy atom. The molecule has 0 aliphatic rings. The van der Waals surface area contributed by atoms with Gasteiger partial charge in [0.1, 0.15) is 0 Å². The summed E-state index contributed by atoms with van der Waals surface area (Å²) in [5, 5.41) is 9.18. The molecule has 0 spiro atoms. The van der Waals surface area contributed by atoms with E-state index < -0.39 is 33.4 Å². The van der Waals surface area contributed by atoms with Crippen LogP contribution in [0.15, 0.2) is 59.7 Å². The van der Waals surface area contributed by atoms with Crippen LogP contribution in [0.2, 0.25) is 5.02 Å². The van der Waals surface area contributed by atoms with Crippen molar-refractivity contribution in [2.45, 2.75) is 6.18 Å². The first-order valence-electron chi connectivity index (χ1n) is 9.41. The van der Waals surface area contributed by atoms with Crippen LogP contribution in [0, 0.1) is 0 Å². The molecule has 0 unspecified atom stereocenters. The highest BCUT2D eigenvalue weighted by molar-refractivity contribution is 7.89. The van der Waals surface area contributed by atoms with E-state index in [0.29, 0.717) is 15.4 Å². The van der Waals surface area contributed by atoms with E-state index in [2.05, 4.69) is 25.4 Å². The van der Waals surface area contributed by atoms with E-state index in [1.165, 1.54) is 49.5 Å². The third-order valence-electron chi connectivity index (χ3n) is 4.24. The molecule has 3 aromatic rings. The predicted molar refractivity (Wildman–Crippen MR) is 123 cm³/mol. The summed E-state index contributed by atoms with van der Waals surface area (Å²) in [5.41, 5.74) is -1.39. The van der Waals surface area contributed by atoms with Gasteiger partial charge in [-0.1, -0.05) is 17.7 Å². The van der Waals surface area contributed by atoms with Gasteiger partial charge in [-0.3, -0.25) is 14.5 Å². The van der Waals surface area contributed by atoms with Crippen LogP contribution in [0.25, 0.3) is 5.69 Å². The van der Waals surface area contributed by atoms with Crippen molar-refractivity contribution in [3.05, 3.63) is 71.0 Å². The molecular formula is C20H18ClF3N6O3S. The molecule has 0 aliphatic carbocycles. The molecule has 0 saturated carbocycles. The van der Waals surface area contributed by atoms with E-state index in [4.69, 9.17) is 11.6 Å². The molecule has 180 valence electrons. The molecule has 0 bridgehead atoms. The first-order chi connectivity index (χ1) is 15.9. The molecule has 0 aliphatic heterocycles. The Morgan fingerprint density at radius 1 is 1.09 bits per heavy atom. The molecule has 1 aromatic heterocycles. The van der Waals surface area contributed by atoms with Crippen LogP contribution in [0.4, 0.5) is 24.5 Å². The van der Waals surface area contributed by atoms with E-state index in [9.17, 15) is 26.4 Å². The van der Waals surface area contributed by atoms with E-state index in [0.717, 1.165) is 12.5 Å². The number of amides is 1. The monoisotopic (exact) mass is 514 g/mol. The van der Waals surface area contributed by atoms with Crippen molar-refractivity contribution in [3.8, 4) is 5.69 Å². The zero-order valence-corrected chi connectivity index (χ0v) is 19.3. The molecule has 2 aromatic carbocycles. The van der Waals surface area contributed by atoms with Crippen LogP contribution < -0.4 is 15.4 Å². The summed E-state index contributed by atoms with van der Waals surface area (Å²) in [4.78, 5) is 16.5. The van der Waals surface area contributed by atoms with Crippen molar-refractivity contribution in [2.24, 2.45) is 4.99 Å². The Bertz CT molecular complexity index is 1340. The highest BCUT2D eigenvalue weighted by Crippen LogP contribution is 2.34. The number of nitrogens with zero attached hydrogens (tertiary/aromatic N) is 3. The standard InChI is InChI=1S/C20H18ClF3N6O3S/c1-25-19(29-34(2,32)33)28-14-5-3-4-13(10-14)27-18(31)16-11-26-30(17(16)20(22,23)24)15-8-6-12(21)7-9-15/h3-11H,1-2H3,(H,27,31)(H2,25,28,29). The molecule has 1 heterocycles. The summed E-state index contributed by atoms with van der Waals surface area (Å²) in [6, 6.07) is 11.4. The van der Waals surface area contributed by atoms with Crippen LogP contribution >= 0.6 is 11.6 Å². The summed E-state index contributed by atoms with van der Waals surface area (Å²) < 4.78 is 67.1. The van der Waals surface area contributed by atoms with Crippen LogP contribution in [0.5, 0.6) is 0 Å². The summed E-state index contributed by atoms with van der Waals surface area (Å²) in [6.45, 7) is 0. The molecule has 0 fully saturated rings. The number of halogens is 4. The number of aromatic nitrogens is 2. The maximum atomic E-state index is 13.8. The average Bonchev–Trinajstić information content (AvgIpc) is 3.19.